The summed E-state index contributed by atoms with van der Waals surface area (Å²) in [6, 6.07) is 6.31. The minimum atomic E-state index is 0.0671. The van der Waals surface area contributed by atoms with Crippen LogP contribution in [0, 0.1) is 11.8 Å². The first-order valence-electron chi connectivity index (χ1n) is 10.3. The number of hydrogen-bond donors (Lipinski definition) is 1. The van der Waals surface area contributed by atoms with Crippen molar-refractivity contribution in [1.29, 1.82) is 0 Å². The molecule has 1 N–H and O–H groups in total. The number of hydrogen-bond acceptors (Lipinski definition) is 5. The average Bonchev–Trinajstić information content (AvgIpc) is 3.33. The molecule has 5 rings (SSSR count). The molecular formula is C21H28N4OS. The summed E-state index contributed by atoms with van der Waals surface area (Å²) in [5.74, 6) is 1.62. The van der Waals surface area contributed by atoms with Crippen LogP contribution in [0.5, 0.6) is 0 Å². The van der Waals surface area contributed by atoms with Gasteiger partial charge in [0.2, 0.25) is 0 Å². The Hall–Kier alpha value is -1.66. The number of nitrogens with one attached hydrogen (secondary N) is 1. The molecule has 2 aliphatic heterocycles. The molecule has 5 nitrogen and oxygen atoms in total. The van der Waals surface area contributed by atoms with Crippen LogP contribution in [-0.4, -0.2) is 55.1 Å². The molecule has 2 aromatic rings. The van der Waals surface area contributed by atoms with E-state index in [9.17, 15) is 4.79 Å². The standard InChI is InChI=1S/C21H28N4OS/c1-24-10-15-12-25(13-16(15)11-24)21-23-18-8-7-14(9-19(18)27-21)20(26)22-17-5-3-2-4-6-17/h7-9,15-17H,2-6,10-13H2,1H3,(H,22,26)/t15-,16+. The molecule has 3 fully saturated rings. The molecule has 1 amide bonds. The monoisotopic (exact) mass is 384 g/mol. The van der Waals surface area contributed by atoms with Gasteiger partial charge in [-0.25, -0.2) is 4.98 Å². The minimum Gasteiger partial charge on any atom is -0.349 e. The third-order valence-electron chi connectivity index (χ3n) is 6.52. The number of likely N-dealkylation sites (tertiary alicyclic amines) is 1. The lowest BCUT2D eigenvalue weighted by Gasteiger charge is -2.22. The summed E-state index contributed by atoms with van der Waals surface area (Å²) in [5, 5.41) is 4.34. The Morgan fingerprint density at radius 3 is 2.59 bits per heavy atom. The average molecular weight is 385 g/mol. The van der Waals surface area contributed by atoms with E-state index in [0.717, 1.165) is 58.7 Å². The van der Waals surface area contributed by atoms with Crippen LogP contribution in [0.2, 0.25) is 0 Å². The molecule has 1 aliphatic carbocycles. The van der Waals surface area contributed by atoms with Gasteiger partial charge < -0.3 is 15.1 Å². The Labute approximate surface area is 164 Å². The van der Waals surface area contributed by atoms with Gasteiger partial charge in [-0.05, 0) is 49.9 Å². The first-order chi connectivity index (χ1) is 13.2. The fraction of sp³-hybridized carbons (Fsp3) is 0.619. The Morgan fingerprint density at radius 2 is 1.85 bits per heavy atom. The summed E-state index contributed by atoms with van der Waals surface area (Å²) in [5.41, 5.74) is 1.78. The van der Waals surface area contributed by atoms with Crippen LogP contribution in [0.25, 0.3) is 10.2 Å². The zero-order valence-electron chi connectivity index (χ0n) is 16.0. The van der Waals surface area contributed by atoms with Gasteiger partial charge in [0.25, 0.3) is 5.91 Å². The van der Waals surface area contributed by atoms with Gasteiger partial charge in [0.1, 0.15) is 0 Å². The predicted molar refractivity (Wildman–Crippen MR) is 111 cm³/mol. The van der Waals surface area contributed by atoms with E-state index in [1.54, 1.807) is 11.3 Å². The van der Waals surface area contributed by atoms with Crippen molar-refractivity contribution in [3.05, 3.63) is 23.8 Å². The molecule has 1 aromatic heterocycles. The zero-order chi connectivity index (χ0) is 18.4. The van der Waals surface area contributed by atoms with Crippen LogP contribution in [0.15, 0.2) is 18.2 Å². The van der Waals surface area contributed by atoms with E-state index in [4.69, 9.17) is 4.98 Å². The van der Waals surface area contributed by atoms with E-state index in [2.05, 4.69) is 22.2 Å². The van der Waals surface area contributed by atoms with Gasteiger partial charge in [0, 0.05) is 37.8 Å². The minimum absolute atomic E-state index is 0.0671. The summed E-state index contributed by atoms with van der Waals surface area (Å²) >= 11 is 1.73. The molecule has 3 aliphatic rings. The van der Waals surface area contributed by atoms with Crippen molar-refractivity contribution >= 4 is 32.6 Å². The molecule has 1 aromatic carbocycles. The third kappa shape index (κ3) is 3.45. The Balaban J connectivity index is 1.31. The van der Waals surface area contributed by atoms with E-state index in [1.165, 1.54) is 32.4 Å². The van der Waals surface area contributed by atoms with Crippen molar-refractivity contribution in [3.63, 3.8) is 0 Å². The van der Waals surface area contributed by atoms with E-state index in [1.807, 2.05) is 18.2 Å². The van der Waals surface area contributed by atoms with Gasteiger partial charge in [-0.15, -0.1) is 0 Å². The molecule has 1 saturated carbocycles. The molecule has 6 heteroatoms. The first kappa shape index (κ1) is 17.4. The number of anilines is 1. The van der Waals surface area contributed by atoms with Gasteiger partial charge >= 0.3 is 0 Å². The highest BCUT2D eigenvalue weighted by Crippen LogP contribution is 2.37. The molecule has 2 saturated heterocycles. The maximum atomic E-state index is 12.6. The van der Waals surface area contributed by atoms with Crippen LogP contribution in [-0.2, 0) is 0 Å². The highest BCUT2D eigenvalue weighted by molar-refractivity contribution is 7.22. The molecule has 0 radical (unpaired) electrons. The molecule has 144 valence electrons. The summed E-state index contributed by atoms with van der Waals surface area (Å²) in [4.78, 5) is 22.4. The first-order valence-corrected chi connectivity index (χ1v) is 11.1. The third-order valence-corrected chi connectivity index (χ3v) is 7.60. The SMILES string of the molecule is CN1C[C@@H]2CN(c3nc4ccc(C(=O)NC5CCCCC5)cc4s3)C[C@@H]2C1. The van der Waals surface area contributed by atoms with Crippen LogP contribution in [0.1, 0.15) is 42.5 Å². The maximum absolute atomic E-state index is 12.6. The highest BCUT2D eigenvalue weighted by Gasteiger charge is 2.39. The van der Waals surface area contributed by atoms with Crippen molar-refractivity contribution in [1.82, 2.24) is 15.2 Å². The summed E-state index contributed by atoms with van der Waals surface area (Å²) in [6.45, 7) is 4.64. The summed E-state index contributed by atoms with van der Waals surface area (Å²) < 4.78 is 1.12. The van der Waals surface area contributed by atoms with E-state index < -0.39 is 0 Å². The lowest BCUT2D eigenvalue weighted by atomic mass is 9.95. The van der Waals surface area contributed by atoms with Crippen LogP contribution in [0.4, 0.5) is 5.13 Å². The van der Waals surface area contributed by atoms with Gasteiger partial charge in [0.05, 0.1) is 10.2 Å². The normalized spacial score (nSPS) is 26.6. The number of fused-ring (bicyclic) bond motifs is 2. The number of carbonyl (C=O) groups excluding carboxylic acids is 1. The number of amides is 1. The number of thiazole rings is 1. The molecule has 2 atom stereocenters. The maximum Gasteiger partial charge on any atom is 0.251 e. The molecule has 0 unspecified atom stereocenters. The van der Waals surface area contributed by atoms with Gasteiger partial charge in [0.15, 0.2) is 5.13 Å². The number of nitrogens with zero attached hydrogens (tertiary/aromatic N) is 3. The van der Waals surface area contributed by atoms with Crippen molar-refractivity contribution in [2.75, 3.05) is 38.1 Å². The number of rotatable bonds is 3. The quantitative estimate of drug-likeness (QED) is 0.882. The second-order valence-electron chi connectivity index (χ2n) is 8.63. The fourth-order valence-corrected chi connectivity index (χ4v) is 6.11. The van der Waals surface area contributed by atoms with Gasteiger partial charge in [-0.1, -0.05) is 30.6 Å². The number of carbonyl (C=O) groups is 1. The summed E-state index contributed by atoms with van der Waals surface area (Å²) in [7, 11) is 2.22. The Bertz CT molecular complexity index is 830. The zero-order valence-corrected chi connectivity index (χ0v) is 16.8. The van der Waals surface area contributed by atoms with E-state index in [-0.39, 0.29) is 5.91 Å². The lowest BCUT2D eigenvalue weighted by molar-refractivity contribution is 0.0928. The lowest BCUT2D eigenvalue weighted by Crippen LogP contribution is -2.36. The molecule has 27 heavy (non-hydrogen) atoms. The fourth-order valence-electron chi connectivity index (χ4n) is 5.09. The van der Waals surface area contributed by atoms with Gasteiger partial charge in [-0.3, -0.25) is 4.79 Å². The Morgan fingerprint density at radius 1 is 1.11 bits per heavy atom. The molecule has 0 bridgehead atoms. The predicted octanol–water partition coefficient (Wildman–Crippen LogP) is 3.36. The topological polar surface area (TPSA) is 48.5 Å². The Kier molecular flexibility index (Phi) is 4.56. The number of benzene rings is 1. The largest absolute Gasteiger partial charge is 0.349 e. The van der Waals surface area contributed by atoms with Crippen molar-refractivity contribution in [2.45, 2.75) is 38.1 Å². The summed E-state index contributed by atoms with van der Waals surface area (Å²) in [6.07, 6.45) is 6.00. The molecule has 3 heterocycles. The second kappa shape index (κ2) is 7.06. The van der Waals surface area contributed by atoms with E-state index in [0.29, 0.717) is 6.04 Å². The van der Waals surface area contributed by atoms with Crippen molar-refractivity contribution < 1.29 is 4.79 Å². The molecular weight excluding hydrogens is 356 g/mol. The van der Waals surface area contributed by atoms with Crippen LogP contribution in [0.3, 0.4) is 0 Å². The second-order valence-corrected chi connectivity index (χ2v) is 9.64. The van der Waals surface area contributed by atoms with Gasteiger partial charge in [-0.2, -0.15) is 0 Å². The van der Waals surface area contributed by atoms with E-state index >= 15 is 0 Å². The number of aromatic nitrogens is 1. The smallest absolute Gasteiger partial charge is 0.251 e. The van der Waals surface area contributed by atoms with Crippen LogP contribution < -0.4 is 10.2 Å². The highest BCUT2D eigenvalue weighted by atomic mass is 32.1. The molecule has 0 spiro atoms. The van der Waals surface area contributed by atoms with Crippen molar-refractivity contribution in [3.8, 4) is 0 Å². The van der Waals surface area contributed by atoms with Crippen molar-refractivity contribution in [2.24, 2.45) is 11.8 Å². The van der Waals surface area contributed by atoms with Crippen LogP contribution >= 0.6 is 11.3 Å².